The van der Waals surface area contributed by atoms with Gasteiger partial charge in [0.05, 0.1) is 16.6 Å². The zero-order valence-corrected chi connectivity index (χ0v) is 17.2. The van der Waals surface area contributed by atoms with E-state index >= 15 is 0 Å². The Bertz CT molecular complexity index is 1080. The van der Waals surface area contributed by atoms with Gasteiger partial charge in [-0.2, -0.15) is 5.10 Å². The van der Waals surface area contributed by atoms with Gasteiger partial charge in [0.25, 0.3) is 11.8 Å². The molecule has 2 amide bonds. The molecule has 2 heterocycles. The van der Waals surface area contributed by atoms with Gasteiger partial charge in [-0.1, -0.05) is 42.5 Å². The highest BCUT2D eigenvalue weighted by Crippen LogP contribution is 2.33. The number of likely N-dealkylation sites (N-methyl/N-ethyl adjacent to an activating group) is 1. The lowest BCUT2D eigenvalue weighted by Gasteiger charge is -2.25. The molecule has 0 N–H and O–H groups in total. The zero-order chi connectivity index (χ0) is 21.1. The van der Waals surface area contributed by atoms with Crippen LogP contribution in [0, 0.1) is 5.82 Å². The molecule has 0 bridgehead atoms. The topological polar surface area (TPSA) is 53.0 Å². The maximum absolute atomic E-state index is 13.5. The maximum Gasteiger partial charge on any atom is 0.262 e. The molecule has 0 saturated carbocycles. The van der Waals surface area contributed by atoms with E-state index < -0.39 is 11.7 Å². The molecule has 0 fully saturated rings. The quantitative estimate of drug-likeness (QED) is 0.616. The van der Waals surface area contributed by atoms with Crippen LogP contribution in [0.1, 0.15) is 33.3 Å². The number of halogens is 1. The first-order chi connectivity index (χ1) is 14.5. The molecule has 152 valence electrons. The van der Waals surface area contributed by atoms with Crippen molar-refractivity contribution < 1.29 is 14.0 Å². The molecule has 1 atom stereocenters. The van der Waals surface area contributed by atoms with E-state index in [9.17, 15) is 14.0 Å². The summed E-state index contributed by atoms with van der Waals surface area (Å²) in [6.45, 7) is -0.153. The molecular formula is C23H20FN3O2S. The van der Waals surface area contributed by atoms with Crippen LogP contribution in [-0.4, -0.2) is 41.0 Å². The molecular weight excluding hydrogens is 401 g/mol. The van der Waals surface area contributed by atoms with Crippen LogP contribution >= 0.6 is 11.3 Å². The Morgan fingerprint density at radius 3 is 2.63 bits per heavy atom. The number of carbonyl (C=O) groups is 2. The molecule has 7 heteroatoms. The second-order valence-electron chi connectivity index (χ2n) is 7.06. The van der Waals surface area contributed by atoms with E-state index in [1.165, 1.54) is 41.2 Å². The summed E-state index contributed by atoms with van der Waals surface area (Å²) in [5, 5.41) is 8.05. The van der Waals surface area contributed by atoms with E-state index in [0.717, 1.165) is 16.2 Å². The lowest BCUT2D eigenvalue weighted by atomic mass is 10.0. The monoisotopic (exact) mass is 421 g/mol. The van der Waals surface area contributed by atoms with Crippen LogP contribution in [0.2, 0.25) is 0 Å². The highest BCUT2D eigenvalue weighted by atomic mass is 32.1. The molecule has 1 aromatic heterocycles. The average molecular weight is 421 g/mol. The summed E-state index contributed by atoms with van der Waals surface area (Å²) >= 11 is 1.58. The highest BCUT2D eigenvalue weighted by Gasteiger charge is 2.34. The lowest BCUT2D eigenvalue weighted by Crippen LogP contribution is -2.39. The Kier molecular flexibility index (Phi) is 5.72. The van der Waals surface area contributed by atoms with Gasteiger partial charge in [-0.3, -0.25) is 9.59 Å². The van der Waals surface area contributed by atoms with Gasteiger partial charge in [0, 0.05) is 19.0 Å². The van der Waals surface area contributed by atoms with E-state index in [1.807, 2.05) is 47.8 Å². The Morgan fingerprint density at radius 1 is 1.13 bits per heavy atom. The second-order valence-corrected chi connectivity index (χ2v) is 8.01. The van der Waals surface area contributed by atoms with Crippen LogP contribution in [0.25, 0.3) is 0 Å². The molecule has 0 radical (unpaired) electrons. The summed E-state index contributed by atoms with van der Waals surface area (Å²) < 4.78 is 13.5. The van der Waals surface area contributed by atoms with Gasteiger partial charge < -0.3 is 4.90 Å². The highest BCUT2D eigenvalue weighted by molar-refractivity contribution is 7.12. The molecule has 1 unspecified atom stereocenters. The van der Waals surface area contributed by atoms with Crippen molar-refractivity contribution in [2.75, 3.05) is 13.6 Å². The van der Waals surface area contributed by atoms with E-state index in [2.05, 4.69) is 5.10 Å². The summed E-state index contributed by atoms with van der Waals surface area (Å²) in [4.78, 5) is 28.0. The van der Waals surface area contributed by atoms with Crippen molar-refractivity contribution in [2.45, 2.75) is 12.5 Å². The van der Waals surface area contributed by atoms with Crippen LogP contribution < -0.4 is 0 Å². The van der Waals surface area contributed by atoms with E-state index in [1.54, 1.807) is 11.3 Å². The van der Waals surface area contributed by atoms with Crippen LogP contribution in [0.3, 0.4) is 0 Å². The van der Waals surface area contributed by atoms with Gasteiger partial charge in [0.1, 0.15) is 12.4 Å². The van der Waals surface area contributed by atoms with Gasteiger partial charge in [-0.25, -0.2) is 9.40 Å². The standard InChI is InChI=1S/C23H20FN3O2S/c1-26(23(29)17-9-5-10-18(24)13-17)15-22(28)27-20(16-7-3-2-4-8-16)14-19(25-27)21-11-6-12-30-21/h2-13,20H,14-15H2,1H3. The van der Waals surface area contributed by atoms with Crippen molar-refractivity contribution in [1.29, 1.82) is 0 Å². The van der Waals surface area contributed by atoms with Crippen LogP contribution in [-0.2, 0) is 4.79 Å². The van der Waals surface area contributed by atoms with E-state index in [0.29, 0.717) is 6.42 Å². The SMILES string of the molecule is CN(CC(=O)N1N=C(c2cccs2)CC1c1ccccc1)C(=O)c1cccc(F)c1. The summed E-state index contributed by atoms with van der Waals surface area (Å²) in [6, 6.07) is 18.9. The molecule has 5 nitrogen and oxygen atoms in total. The first-order valence-electron chi connectivity index (χ1n) is 9.52. The number of rotatable bonds is 5. The van der Waals surface area contributed by atoms with Gasteiger partial charge in [0.2, 0.25) is 0 Å². The summed E-state index contributed by atoms with van der Waals surface area (Å²) in [5.41, 5.74) is 2.04. The largest absolute Gasteiger partial charge is 0.332 e. The third-order valence-corrected chi connectivity index (χ3v) is 5.87. The smallest absolute Gasteiger partial charge is 0.262 e. The minimum atomic E-state index is -0.491. The Balaban J connectivity index is 1.55. The van der Waals surface area contributed by atoms with Crippen LogP contribution in [0.5, 0.6) is 0 Å². The Morgan fingerprint density at radius 2 is 1.93 bits per heavy atom. The zero-order valence-electron chi connectivity index (χ0n) is 16.4. The molecule has 2 aromatic carbocycles. The van der Waals surface area contributed by atoms with Gasteiger partial charge in [-0.15, -0.1) is 11.3 Å². The molecule has 30 heavy (non-hydrogen) atoms. The number of hydrogen-bond acceptors (Lipinski definition) is 4. The van der Waals surface area contributed by atoms with Crippen molar-refractivity contribution >= 4 is 28.9 Å². The third kappa shape index (κ3) is 4.16. The molecule has 3 aromatic rings. The van der Waals surface area contributed by atoms with E-state index in [4.69, 9.17) is 0 Å². The van der Waals surface area contributed by atoms with Crippen molar-refractivity contribution in [1.82, 2.24) is 9.91 Å². The fourth-order valence-electron chi connectivity index (χ4n) is 3.46. The molecule has 0 aliphatic carbocycles. The lowest BCUT2D eigenvalue weighted by molar-refractivity contribution is -0.133. The van der Waals surface area contributed by atoms with Crippen molar-refractivity contribution in [3.8, 4) is 0 Å². The average Bonchev–Trinajstić information content (AvgIpc) is 3.43. The number of nitrogens with zero attached hydrogens (tertiary/aromatic N) is 3. The minimum Gasteiger partial charge on any atom is -0.332 e. The molecule has 4 rings (SSSR count). The molecule has 1 aliphatic heterocycles. The Labute approximate surface area is 178 Å². The molecule has 1 aliphatic rings. The fraction of sp³-hybridized carbons (Fsp3) is 0.174. The minimum absolute atomic E-state index is 0.153. The summed E-state index contributed by atoms with van der Waals surface area (Å²) in [7, 11) is 1.53. The van der Waals surface area contributed by atoms with Gasteiger partial charge in [0.15, 0.2) is 0 Å². The second kappa shape index (κ2) is 8.59. The van der Waals surface area contributed by atoms with Gasteiger partial charge >= 0.3 is 0 Å². The summed E-state index contributed by atoms with van der Waals surface area (Å²) in [6.07, 6.45) is 0.609. The number of benzene rings is 2. The normalized spacial score (nSPS) is 15.7. The van der Waals surface area contributed by atoms with Crippen molar-refractivity contribution in [3.63, 3.8) is 0 Å². The number of thiophene rings is 1. The van der Waals surface area contributed by atoms with Crippen molar-refractivity contribution in [2.24, 2.45) is 5.10 Å². The number of hydrogen-bond donors (Lipinski definition) is 0. The van der Waals surface area contributed by atoms with Crippen LogP contribution in [0.15, 0.2) is 77.2 Å². The fourth-order valence-corrected chi connectivity index (χ4v) is 4.18. The number of hydrazone groups is 1. The molecule has 0 spiro atoms. The first-order valence-corrected chi connectivity index (χ1v) is 10.4. The Hall–Kier alpha value is -3.32. The number of amides is 2. The summed E-state index contributed by atoms with van der Waals surface area (Å²) in [5.74, 6) is -1.20. The van der Waals surface area contributed by atoms with E-state index in [-0.39, 0.29) is 24.1 Å². The van der Waals surface area contributed by atoms with Gasteiger partial charge in [-0.05, 0) is 35.2 Å². The third-order valence-electron chi connectivity index (χ3n) is 4.95. The predicted octanol–water partition coefficient (Wildman–Crippen LogP) is 4.34. The number of carbonyl (C=O) groups excluding carboxylic acids is 2. The molecule has 0 saturated heterocycles. The maximum atomic E-state index is 13.5. The van der Waals surface area contributed by atoms with Crippen LogP contribution in [0.4, 0.5) is 4.39 Å². The predicted molar refractivity (Wildman–Crippen MR) is 115 cm³/mol. The van der Waals surface area contributed by atoms with Crippen molar-refractivity contribution in [3.05, 3.63) is 93.9 Å². The first kappa shape index (κ1) is 20.0.